The van der Waals surface area contributed by atoms with Crippen molar-refractivity contribution in [2.45, 2.75) is 19.9 Å². The maximum Gasteiger partial charge on any atom is 0.126 e. The van der Waals surface area contributed by atoms with Crippen LogP contribution in [0.1, 0.15) is 22.7 Å². The van der Waals surface area contributed by atoms with E-state index >= 15 is 0 Å². The Kier molecular flexibility index (Phi) is 3.69. The molecule has 0 bridgehead atoms. The molecule has 0 amide bonds. The Hall–Kier alpha value is -1.06. The van der Waals surface area contributed by atoms with E-state index in [2.05, 4.69) is 43.2 Å². The van der Waals surface area contributed by atoms with E-state index in [4.69, 9.17) is 4.74 Å². The third kappa shape index (κ3) is 2.61. The van der Waals surface area contributed by atoms with Gasteiger partial charge in [-0.2, -0.15) is 0 Å². The molecular weight excluding hydrogens is 212 g/mol. The van der Waals surface area contributed by atoms with E-state index in [9.17, 15) is 0 Å². The zero-order chi connectivity index (χ0) is 12.4. The average molecular weight is 234 g/mol. The van der Waals surface area contributed by atoms with Crippen LogP contribution in [0.5, 0.6) is 5.75 Å². The van der Waals surface area contributed by atoms with Gasteiger partial charge in [-0.3, -0.25) is 0 Å². The molecule has 0 radical (unpaired) electrons. The number of piperazine rings is 1. The van der Waals surface area contributed by atoms with E-state index in [1.807, 2.05) is 0 Å². The van der Waals surface area contributed by atoms with E-state index in [1.54, 1.807) is 7.11 Å². The molecule has 1 aliphatic heterocycles. The molecule has 1 heterocycles. The number of hydrogen-bond acceptors (Lipinski definition) is 3. The first-order valence-electron chi connectivity index (χ1n) is 6.19. The maximum atomic E-state index is 5.56. The van der Waals surface area contributed by atoms with Crippen LogP contribution in [-0.4, -0.2) is 38.7 Å². The molecule has 3 nitrogen and oxygen atoms in total. The van der Waals surface area contributed by atoms with Crippen molar-refractivity contribution in [3.05, 3.63) is 28.8 Å². The van der Waals surface area contributed by atoms with E-state index in [0.29, 0.717) is 6.04 Å². The van der Waals surface area contributed by atoms with Gasteiger partial charge in [-0.1, -0.05) is 17.7 Å². The van der Waals surface area contributed by atoms with Gasteiger partial charge in [0.05, 0.1) is 7.11 Å². The van der Waals surface area contributed by atoms with Crippen molar-refractivity contribution in [2.24, 2.45) is 0 Å². The molecule has 17 heavy (non-hydrogen) atoms. The number of aryl methyl sites for hydroxylation is 2. The van der Waals surface area contributed by atoms with Gasteiger partial charge >= 0.3 is 0 Å². The van der Waals surface area contributed by atoms with Gasteiger partial charge in [0.1, 0.15) is 5.75 Å². The van der Waals surface area contributed by atoms with Crippen molar-refractivity contribution in [1.82, 2.24) is 10.2 Å². The number of hydrogen-bond donors (Lipinski definition) is 1. The van der Waals surface area contributed by atoms with Crippen LogP contribution >= 0.6 is 0 Å². The van der Waals surface area contributed by atoms with E-state index in [0.717, 1.165) is 25.4 Å². The highest BCUT2D eigenvalue weighted by Crippen LogP contribution is 2.31. The summed E-state index contributed by atoms with van der Waals surface area (Å²) in [5.41, 5.74) is 3.81. The van der Waals surface area contributed by atoms with Crippen LogP contribution in [0.3, 0.4) is 0 Å². The Morgan fingerprint density at radius 2 is 2.12 bits per heavy atom. The molecule has 0 aliphatic carbocycles. The number of nitrogens with zero attached hydrogens (tertiary/aromatic N) is 1. The molecule has 2 rings (SSSR count). The fourth-order valence-electron chi connectivity index (χ4n) is 2.63. The second-order valence-corrected chi connectivity index (χ2v) is 4.97. The molecule has 1 unspecified atom stereocenters. The summed E-state index contributed by atoms with van der Waals surface area (Å²) in [6.07, 6.45) is 0. The van der Waals surface area contributed by atoms with E-state index < -0.39 is 0 Å². The fraction of sp³-hybridized carbons (Fsp3) is 0.571. The minimum Gasteiger partial charge on any atom is -0.496 e. The quantitative estimate of drug-likeness (QED) is 0.845. The van der Waals surface area contributed by atoms with Gasteiger partial charge in [-0.25, -0.2) is 0 Å². The largest absolute Gasteiger partial charge is 0.496 e. The van der Waals surface area contributed by atoms with Crippen molar-refractivity contribution >= 4 is 0 Å². The maximum absolute atomic E-state index is 5.56. The van der Waals surface area contributed by atoms with Gasteiger partial charge < -0.3 is 15.0 Å². The lowest BCUT2D eigenvalue weighted by atomic mass is 9.98. The molecule has 3 heteroatoms. The lowest BCUT2D eigenvalue weighted by Gasteiger charge is -2.32. The van der Waals surface area contributed by atoms with Crippen molar-refractivity contribution < 1.29 is 4.74 Å². The summed E-state index contributed by atoms with van der Waals surface area (Å²) in [6, 6.07) is 4.79. The normalized spacial score (nSPS) is 21.5. The number of benzene rings is 1. The van der Waals surface area contributed by atoms with Gasteiger partial charge in [0.2, 0.25) is 0 Å². The van der Waals surface area contributed by atoms with Gasteiger partial charge in [-0.05, 0) is 26.5 Å². The first-order valence-corrected chi connectivity index (χ1v) is 6.19. The molecule has 1 aliphatic rings. The molecule has 1 aromatic rings. The zero-order valence-electron chi connectivity index (χ0n) is 11.2. The lowest BCUT2D eigenvalue weighted by Crippen LogP contribution is -2.43. The van der Waals surface area contributed by atoms with Crippen molar-refractivity contribution in [1.29, 1.82) is 0 Å². The first kappa shape index (κ1) is 12.4. The minimum atomic E-state index is 0.377. The predicted molar refractivity (Wildman–Crippen MR) is 70.7 cm³/mol. The fourth-order valence-corrected chi connectivity index (χ4v) is 2.63. The van der Waals surface area contributed by atoms with Crippen LogP contribution in [0.15, 0.2) is 12.1 Å². The van der Waals surface area contributed by atoms with Crippen molar-refractivity contribution in [2.75, 3.05) is 33.8 Å². The molecule has 0 spiro atoms. The molecule has 94 valence electrons. The zero-order valence-corrected chi connectivity index (χ0v) is 11.2. The third-order valence-corrected chi connectivity index (χ3v) is 3.41. The van der Waals surface area contributed by atoms with Crippen LogP contribution in [0.2, 0.25) is 0 Å². The molecule has 0 saturated carbocycles. The molecule has 1 fully saturated rings. The van der Waals surface area contributed by atoms with Gasteiger partial charge in [0.15, 0.2) is 0 Å². The van der Waals surface area contributed by atoms with Crippen molar-refractivity contribution in [3.63, 3.8) is 0 Å². The summed E-state index contributed by atoms with van der Waals surface area (Å²) in [7, 11) is 3.93. The summed E-state index contributed by atoms with van der Waals surface area (Å²) in [4.78, 5) is 2.36. The second kappa shape index (κ2) is 5.07. The third-order valence-electron chi connectivity index (χ3n) is 3.41. The summed E-state index contributed by atoms with van der Waals surface area (Å²) in [5.74, 6) is 1.03. The summed E-state index contributed by atoms with van der Waals surface area (Å²) in [6.45, 7) is 7.45. The highest BCUT2D eigenvalue weighted by Gasteiger charge is 2.22. The number of methoxy groups -OCH3 is 1. The molecule has 1 aromatic carbocycles. The Labute approximate surface area is 104 Å². The number of likely N-dealkylation sites (N-methyl/N-ethyl adjacent to an activating group) is 1. The van der Waals surface area contributed by atoms with Crippen LogP contribution in [0.4, 0.5) is 0 Å². The summed E-state index contributed by atoms with van der Waals surface area (Å²) < 4.78 is 5.56. The SMILES string of the molecule is COc1c(C)cc(C)cc1C1CN(C)CCN1. The Morgan fingerprint density at radius 3 is 2.76 bits per heavy atom. The molecule has 0 aromatic heterocycles. The predicted octanol–water partition coefficient (Wildman–Crippen LogP) is 1.89. The highest BCUT2D eigenvalue weighted by atomic mass is 16.5. The highest BCUT2D eigenvalue weighted by molar-refractivity contribution is 5.45. The monoisotopic (exact) mass is 234 g/mol. The number of nitrogens with one attached hydrogen (secondary N) is 1. The standard InChI is InChI=1S/C14H22N2O/c1-10-7-11(2)14(17-4)12(8-10)13-9-16(3)6-5-15-13/h7-8,13,15H,5-6,9H2,1-4H3. The van der Waals surface area contributed by atoms with Gasteiger partial charge in [0, 0.05) is 31.2 Å². The Morgan fingerprint density at radius 1 is 1.35 bits per heavy atom. The van der Waals surface area contributed by atoms with Crippen LogP contribution in [-0.2, 0) is 0 Å². The lowest BCUT2D eigenvalue weighted by molar-refractivity contribution is 0.237. The topological polar surface area (TPSA) is 24.5 Å². The number of ether oxygens (including phenoxy) is 1. The van der Waals surface area contributed by atoms with Crippen LogP contribution in [0, 0.1) is 13.8 Å². The molecule has 1 saturated heterocycles. The van der Waals surface area contributed by atoms with Gasteiger partial charge in [0.25, 0.3) is 0 Å². The molecule has 1 N–H and O–H groups in total. The van der Waals surface area contributed by atoms with Crippen LogP contribution in [0.25, 0.3) is 0 Å². The van der Waals surface area contributed by atoms with Crippen molar-refractivity contribution in [3.8, 4) is 5.75 Å². The van der Waals surface area contributed by atoms with E-state index in [1.165, 1.54) is 16.7 Å². The Balaban J connectivity index is 2.35. The van der Waals surface area contributed by atoms with Crippen LogP contribution < -0.4 is 10.1 Å². The molecular formula is C14H22N2O. The molecule has 1 atom stereocenters. The summed E-state index contributed by atoms with van der Waals surface area (Å²) >= 11 is 0. The van der Waals surface area contributed by atoms with E-state index in [-0.39, 0.29) is 0 Å². The smallest absolute Gasteiger partial charge is 0.126 e. The Bertz CT molecular complexity index is 403. The first-order chi connectivity index (χ1) is 8.11. The second-order valence-electron chi connectivity index (χ2n) is 4.97. The average Bonchev–Trinajstić information content (AvgIpc) is 2.28. The summed E-state index contributed by atoms with van der Waals surface area (Å²) in [5, 5.41) is 3.57. The minimum absolute atomic E-state index is 0.377. The van der Waals surface area contributed by atoms with Gasteiger partial charge in [-0.15, -0.1) is 0 Å². The number of rotatable bonds is 2.